The van der Waals surface area contributed by atoms with Crippen molar-refractivity contribution in [3.8, 4) is 0 Å². The third-order valence-electron chi connectivity index (χ3n) is 3.18. The Kier molecular flexibility index (Phi) is 4.87. The van der Waals surface area contributed by atoms with Crippen LogP contribution in [0.3, 0.4) is 0 Å². The molecule has 25 heavy (non-hydrogen) atoms. The number of non-ortho nitro benzene ring substituents is 1. The van der Waals surface area contributed by atoms with E-state index in [9.17, 15) is 36.5 Å². The summed E-state index contributed by atoms with van der Waals surface area (Å²) in [5, 5.41) is 10.5. The lowest BCUT2D eigenvalue weighted by atomic mass is 10.0. The fourth-order valence-electron chi connectivity index (χ4n) is 1.97. The van der Waals surface area contributed by atoms with Gasteiger partial charge in [0.05, 0.1) is 16.1 Å². The van der Waals surface area contributed by atoms with E-state index < -0.39 is 28.4 Å². The highest BCUT2D eigenvalue weighted by atomic mass is 19.4. The Labute approximate surface area is 137 Å². The van der Waals surface area contributed by atoms with Crippen LogP contribution in [-0.2, 0) is 12.4 Å². The molecule has 0 saturated carbocycles. The molecule has 0 aliphatic heterocycles. The minimum atomic E-state index is -4.92. The van der Waals surface area contributed by atoms with Crippen molar-refractivity contribution in [3.63, 3.8) is 0 Å². The van der Waals surface area contributed by atoms with Gasteiger partial charge in [-0.2, -0.15) is 26.3 Å². The summed E-state index contributed by atoms with van der Waals surface area (Å²) in [6.45, 7) is 0. The van der Waals surface area contributed by atoms with E-state index in [1.807, 2.05) is 0 Å². The Morgan fingerprint density at radius 2 is 1.20 bits per heavy atom. The van der Waals surface area contributed by atoms with E-state index in [2.05, 4.69) is 0 Å². The molecular formula is C16H9F6NO2. The van der Waals surface area contributed by atoms with Crippen molar-refractivity contribution < 1.29 is 31.3 Å². The molecule has 0 bridgehead atoms. The Bertz CT molecular complexity index is 775. The van der Waals surface area contributed by atoms with E-state index in [-0.39, 0.29) is 17.3 Å². The van der Waals surface area contributed by atoms with Gasteiger partial charge in [-0.15, -0.1) is 0 Å². The summed E-state index contributed by atoms with van der Waals surface area (Å²) < 4.78 is 76.6. The molecule has 2 aromatic rings. The van der Waals surface area contributed by atoms with Crippen LogP contribution < -0.4 is 0 Å². The Hall–Kier alpha value is -2.84. The van der Waals surface area contributed by atoms with Crippen molar-refractivity contribution in [2.75, 3.05) is 0 Å². The first-order chi connectivity index (χ1) is 11.5. The average Bonchev–Trinajstić information content (AvgIpc) is 2.51. The minimum Gasteiger partial charge on any atom is -0.258 e. The standard InChI is InChI=1S/C16H9F6NO2/c17-15(18,19)12-7-11(8-13(9-12)16(20,21)22)2-1-10-3-5-14(6-4-10)23(24)25/h1-9H. The highest BCUT2D eigenvalue weighted by Gasteiger charge is 2.36. The largest absolute Gasteiger partial charge is 0.416 e. The van der Waals surface area contributed by atoms with Crippen LogP contribution in [0.4, 0.5) is 32.0 Å². The molecule has 2 aromatic carbocycles. The van der Waals surface area contributed by atoms with E-state index in [1.54, 1.807) is 0 Å². The predicted octanol–water partition coefficient (Wildman–Crippen LogP) is 5.80. The molecular weight excluding hydrogens is 352 g/mol. The molecule has 0 atom stereocenters. The summed E-state index contributed by atoms with van der Waals surface area (Å²) >= 11 is 0. The molecule has 9 heteroatoms. The molecule has 0 radical (unpaired) electrons. The lowest BCUT2D eigenvalue weighted by molar-refractivity contribution is -0.384. The molecule has 0 fully saturated rings. The number of nitro benzene ring substituents is 1. The fourth-order valence-corrected chi connectivity index (χ4v) is 1.97. The highest BCUT2D eigenvalue weighted by Crippen LogP contribution is 2.36. The Morgan fingerprint density at radius 3 is 1.60 bits per heavy atom. The number of alkyl halides is 6. The SMILES string of the molecule is O=[N+]([O-])c1ccc(C=Cc2cc(C(F)(F)F)cc(C(F)(F)F)c2)cc1. The lowest BCUT2D eigenvalue weighted by Crippen LogP contribution is -2.11. The van der Waals surface area contributed by atoms with Gasteiger partial charge in [0.1, 0.15) is 0 Å². The van der Waals surface area contributed by atoms with E-state index in [1.165, 1.54) is 30.3 Å². The monoisotopic (exact) mass is 361 g/mol. The molecule has 0 spiro atoms. The smallest absolute Gasteiger partial charge is 0.258 e. The minimum absolute atomic E-state index is 0.0449. The number of hydrogen-bond donors (Lipinski definition) is 0. The summed E-state index contributed by atoms with van der Waals surface area (Å²) in [6.07, 6.45) is -7.50. The van der Waals surface area contributed by atoms with Gasteiger partial charge in [0, 0.05) is 12.1 Å². The van der Waals surface area contributed by atoms with Gasteiger partial charge in [0.15, 0.2) is 0 Å². The van der Waals surface area contributed by atoms with Gasteiger partial charge in [0.25, 0.3) is 5.69 Å². The molecule has 0 aromatic heterocycles. The van der Waals surface area contributed by atoms with Crippen LogP contribution >= 0.6 is 0 Å². The number of benzene rings is 2. The van der Waals surface area contributed by atoms with Gasteiger partial charge in [-0.05, 0) is 41.5 Å². The maximum absolute atomic E-state index is 12.8. The van der Waals surface area contributed by atoms with Crippen molar-refractivity contribution in [2.45, 2.75) is 12.4 Å². The zero-order valence-corrected chi connectivity index (χ0v) is 12.2. The van der Waals surface area contributed by atoms with Crippen molar-refractivity contribution in [1.29, 1.82) is 0 Å². The fraction of sp³-hybridized carbons (Fsp3) is 0.125. The number of halogens is 6. The van der Waals surface area contributed by atoms with E-state index >= 15 is 0 Å². The molecule has 0 unspecified atom stereocenters. The summed E-state index contributed by atoms with van der Waals surface area (Å²) in [7, 11) is 0. The van der Waals surface area contributed by atoms with Gasteiger partial charge in [-0.25, -0.2) is 0 Å². The molecule has 0 amide bonds. The van der Waals surface area contributed by atoms with E-state index in [4.69, 9.17) is 0 Å². The summed E-state index contributed by atoms with van der Waals surface area (Å²) in [5.74, 6) is 0. The maximum atomic E-state index is 12.8. The zero-order chi connectivity index (χ0) is 18.8. The molecule has 0 N–H and O–H groups in total. The summed E-state index contributed by atoms with van der Waals surface area (Å²) in [5.41, 5.74) is -2.91. The molecule has 0 heterocycles. The highest BCUT2D eigenvalue weighted by molar-refractivity contribution is 5.70. The second-order valence-corrected chi connectivity index (χ2v) is 5.02. The van der Waals surface area contributed by atoms with Crippen LogP contribution in [-0.4, -0.2) is 4.92 Å². The van der Waals surface area contributed by atoms with Crippen molar-refractivity contribution in [2.24, 2.45) is 0 Å². The van der Waals surface area contributed by atoms with Crippen LogP contribution in [0.1, 0.15) is 22.3 Å². The quantitative estimate of drug-likeness (QED) is 0.300. The van der Waals surface area contributed by atoms with E-state index in [0.717, 1.165) is 6.08 Å². The normalized spacial score (nSPS) is 12.6. The van der Waals surface area contributed by atoms with Crippen LogP contribution in [0.25, 0.3) is 12.2 Å². The van der Waals surface area contributed by atoms with Gasteiger partial charge in [-0.1, -0.05) is 12.2 Å². The number of nitrogens with zero attached hydrogens (tertiary/aromatic N) is 1. The average molecular weight is 361 g/mol. The number of hydrogen-bond acceptors (Lipinski definition) is 2. The molecule has 2 rings (SSSR count). The van der Waals surface area contributed by atoms with Crippen LogP contribution in [0, 0.1) is 10.1 Å². The van der Waals surface area contributed by atoms with Crippen LogP contribution in [0.2, 0.25) is 0 Å². The third kappa shape index (κ3) is 4.82. The van der Waals surface area contributed by atoms with Gasteiger partial charge < -0.3 is 0 Å². The van der Waals surface area contributed by atoms with Gasteiger partial charge in [0.2, 0.25) is 0 Å². The van der Waals surface area contributed by atoms with Crippen molar-refractivity contribution >= 4 is 17.8 Å². The first-order valence-electron chi connectivity index (χ1n) is 6.69. The Morgan fingerprint density at radius 1 is 0.760 bits per heavy atom. The number of rotatable bonds is 3. The second kappa shape index (κ2) is 6.58. The maximum Gasteiger partial charge on any atom is 0.416 e. The van der Waals surface area contributed by atoms with Crippen molar-refractivity contribution in [1.82, 2.24) is 0 Å². The molecule has 0 aliphatic carbocycles. The van der Waals surface area contributed by atoms with Gasteiger partial charge >= 0.3 is 12.4 Å². The van der Waals surface area contributed by atoms with Crippen LogP contribution in [0.5, 0.6) is 0 Å². The van der Waals surface area contributed by atoms with Crippen molar-refractivity contribution in [3.05, 3.63) is 74.8 Å². The number of nitro groups is 1. The lowest BCUT2D eigenvalue weighted by Gasteiger charge is -2.12. The summed E-state index contributed by atoms with van der Waals surface area (Å²) in [6, 6.07) is 6.23. The molecule has 0 saturated heterocycles. The van der Waals surface area contributed by atoms with Crippen LogP contribution in [0.15, 0.2) is 42.5 Å². The Balaban J connectivity index is 2.39. The summed E-state index contributed by atoms with van der Waals surface area (Å²) in [4.78, 5) is 9.90. The first-order valence-corrected chi connectivity index (χ1v) is 6.69. The molecule has 132 valence electrons. The second-order valence-electron chi connectivity index (χ2n) is 5.02. The first kappa shape index (κ1) is 18.5. The molecule has 3 nitrogen and oxygen atoms in total. The molecule has 0 aliphatic rings. The predicted molar refractivity (Wildman–Crippen MR) is 78.5 cm³/mol. The topological polar surface area (TPSA) is 43.1 Å². The third-order valence-corrected chi connectivity index (χ3v) is 3.18. The van der Waals surface area contributed by atoms with E-state index in [0.29, 0.717) is 17.7 Å². The zero-order valence-electron chi connectivity index (χ0n) is 12.2. The van der Waals surface area contributed by atoms with Gasteiger partial charge in [-0.3, -0.25) is 10.1 Å².